The van der Waals surface area contributed by atoms with Crippen LogP contribution in [0.25, 0.3) is 0 Å². The molecular weight excluding hydrogens is 204 g/mol. The van der Waals surface area contributed by atoms with Crippen molar-refractivity contribution in [3.8, 4) is 0 Å². The predicted molar refractivity (Wildman–Crippen MR) is 59.6 cm³/mol. The van der Waals surface area contributed by atoms with E-state index in [0.29, 0.717) is 0 Å². The van der Waals surface area contributed by atoms with E-state index in [-0.39, 0.29) is 10.5 Å². The third-order valence-electron chi connectivity index (χ3n) is 1.95. The standard InChI is InChI=1S/C9H14O2S2/c1-9(3-2-5-13-9)4-6-12-7-8(10)11/h2-3H,4-7H2,1H3,(H,10,11). The van der Waals surface area contributed by atoms with Gasteiger partial charge in [-0.2, -0.15) is 11.8 Å². The van der Waals surface area contributed by atoms with Crippen LogP contribution in [-0.2, 0) is 4.79 Å². The van der Waals surface area contributed by atoms with E-state index in [1.54, 1.807) is 0 Å². The molecule has 1 N–H and O–H groups in total. The van der Waals surface area contributed by atoms with Crippen molar-refractivity contribution < 1.29 is 9.90 Å². The van der Waals surface area contributed by atoms with E-state index >= 15 is 0 Å². The lowest BCUT2D eigenvalue weighted by molar-refractivity contribution is -0.133. The van der Waals surface area contributed by atoms with Gasteiger partial charge in [-0.15, -0.1) is 11.8 Å². The van der Waals surface area contributed by atoms with Gasteiger partial charge in [-0.3, -0.25) is 4.79 Å². The topological polar surface area (TPSA) is 37.3 Å². The third-order valence-corrected chi connectivity index (χ3v) is 4.25. The van der Waals surface area contributed by atoms with Gasteiger partial charge in [-0.1, -0.05) is 12.2 Å². The zero-order valence-corrected chi connectivity index (χ0v) is 9.29. The summed E-state index contributed by atoms with van der Waals surface area (Å²) in [6.07, 6.45) is 5.48. The second kappa shape index (κ2) is 4.96. The predicted octanol–water partition coefficient (Wildman–Crippen LogP) is 2.26. The Kier molecular flexibility index (Phi) is 4.19. The molecule has 0 aliphatic carbocycles. The first kappa shape index (κ1) is 11.0. The molecule has 2 nitrogen and oxygen atoms in total. The average Bonchev–Trinajstić information content (AvgIpc) is 2.47. The van der Waals surface area contributed by atoms with Gasteiger partial charge in [-0.25, -0.2) is 0 Å². The van der Waals surface area contributed by atoms with Crippen LogP contribution < -0.4 is 0 Å². The van der Waals surface area contributed by atoms with E-state index < -0.39 is 5.97 Å². The smallest absolute Gasteiger partial charge is 0.313 e. The van der Waals surface area contributed by atoms with Gasteiger partial charge in [0.25, 0.3) is 0 Å². The van der Waals surface area contributed by atoms with Crippen molar-refractivity contribution in [3.63, 3.8) is 0 Å². The molecule has 0 aromatic rings. The first-order valence-corrected chi connectivity index (χ1v) is 6.38. The van der Waals surface area contributed by atoms with E-state index in [4.69, 9.17) is 5.11 Å². The van der Waals surface area contributed by atoms with Gasteiger partial charge in [0.1, 0.15) is 0 Å². The number of hydrogen-bond acceptors (Lipinski definition) is 3. The Morgan fingerprint density at radius 3 is 3.08 bits per heavy atom. The highest BCUT2D eigenvalue weighted by Gasteiger charge is 2.23. The summed E-state index contributed by atoms with van der Waals surface area (Å²) < 4.78 is 0.255. The molecule has 1 rings (SSSR count). The largest absolute Gasteiger partial charge is 0.481 e. The Balaban J connectivity index is 2.12. The molecule has 0 saturated carbocycles. The van der Waals surface area contributed by atoms with Gasteiger partial charge < -0.3 is 5.11 Å². The molecule has 0 spiro atoms. The Morgan fingerprint density at radius 2 is 2.54 bits per heavy atom. The maximum Gasteiger partial charge on any atom is 0.313 e. The van der Waals surface area contributed by atoms with E-state index in [0.717, 1.165) is 17.9 Å². The van der Waals surface area contributed by atoms with Crippen molar-refractivity contribution in [3.05, 3.63) is 12.2 Å². The van der Waals surface area contributed by atoms with Crippen LogP contribution >= 0.6 is 23.5 Å². The van der Waals surface area contributed by atoms with Crippen LogP contribution in [0.2, 0.25) is 0 Å². The summed E-state index contributed by atoms with van der Waals surface area (Å²) in [7, 11) is 0. The lowest BCUT2D eigenvalue weighted by atomic mass is 10.1. The molecule has 0 aromatic heterocycles. The quantitative estimate of drug-likeness (QED) is 0.567. The van der Waals surface area contributed by atoms with Gasteiger partial charge in [0.05, 0.1) is 5.75 Å². The second-order valence-electron chi connectivity index (χ2n) is 3.22. The number of carboxylic acid groups (broad SMARTS) is 1. The molecule has 0 saturated heterocycles. The Hall–Kier alpha value is -0.0900. The van der Waals surface area contributed by atoms with Crippen LogP contribution in [0.3, 0.4) is 0 Å². The maximum absolute atomic E-state index is 10.2. The first-order valence-electron chi connectivity index (χ1n) is 4.24. The minimum absolute atomic E-state index is 0.227. The third kappa shape index (κ3) is 4.09. The zero-order valence-electron chi connectivity index (χ0n) is 7.66. The minimum Gasteiger partial charge on any atom is -0.481 e. The van der Waals surface area contributed by atoms with E-state index in [1.165, 1.54) is 11.8 Å². The minimum atomic E-state index is -0.718. The summed E-state index contributed by atoms with van der Waals surface area (Å²) >= 11 is 3.43. The number of aliphatic carboxylic acids is 1. The number of hydrogen-bond donors (Lipinski definition) is 1. The first-order chi connectivity index (χ1) is 6.12. The zero-order chi connectivity index (χ0) is 9.73. The van der Waals surface area contributed by atoms with Crippen molar-refractivity contribution in [2.24, 2.45) is 0 Å². The number of rotatable bonds is 5. The summed E-state index contributed by atoms with van der Waals surface area (Å²) in [6, 6.07) is 0. The van der Waals surface area contributed by atoms with Gasteiger partial charge in [0, 0.05) is 10.5 Å². The highest BCUT2D eigenvalue weighted by molar-refractivity contribution is 8.01. The molecule has 0 amide bonds. The molecule has 1 aliphatic heterocycles. The van der Waals surface area contributed by atoms with Crippen LogP contribution in [-0.4, -0.2) is 33.1 Å². The lowest BCUT2D eigenvalue weighted by Gasteiger charge is -2.20. The summed E-state index contributed by atoms with van der Waals surface area (Å²) in [6.45, 7) is 2.21. The van der Waals surface area contributed by atoms with Crippen LogP contribution in [0.4, 0.5) is 0 Å². The molecule has 4 heteroatoms. The molecular formula is C9H14O2S2. The van der Waals surface area contributed by atoms with Gasteiger partial charge in [-0.05, 0) is 19.1 Å². The lowest BCUT2D eigenvalue weighted by Crippen LogP contribution is -2.15. The van der Waals surface area contributed by atoms with Gasteiger partial charge in [0.15, 0.2) is 0 Å². The summed E-state index contributed by atoms with van der Waals surface area (Å²) in [5.74, 6) is 1.54. The van der Waals surface area contributed by atoms with Crippen molar-refractivity contribution in [2.45, 2.75) is 18.1 Å². The SMILES string of the molecule is CC1(CCSCC(=O)O)C=CCS1. The molecule has 1 aliphatic rings. The normalized spacial score (nSPS) is 26.5. The summed E-state index contributed by atoms with van der Waals surface area (Å²) in [5, 5.41) is 8.43. The highest BCUT2D eigenvalue weighted by Crippen LogP contribution is 2.35. The molecule has 0 aromatic carbocycles. The average molecular weight is 218 g/mol. The van der Waals surface area contributed by atoms with E-state index in [9.17, 15) is 4.79 Å². The van der Waals surface area contributed by atoms with Crippen molar-refractivity contribution in [2.75, 3.05) is 17.3 Å². The van der Waals surface area contributed by atoms with Gasteiger partial charge >= 0.3 is 5.97 Å². The van der Waals surface area contributed by atoms with E-state index in [1.807, 2.05) is 11.8 Å². The molecule has 74 valence electrons. The molecule has 0 fully saturated rings. The van der Waals surface area contributed by atoms with Crippen LogP contribution in [0.5, 0.6) is 0 Å². The fourth-order valence-corrected chi connectivity index (χ4v) is 3.20. The Bertz CT molecular complexity index is 216. The van der Waals surface area contributed by atoms with E-state index in [2.05, 4.69) is 19.1 Å². The highest BCUT2D eigenvalue weighted by atomic mass is 32.2. The van der Waals surface area contributed by atoms with Gasteiger partial charge in [0.2, 0.25) is 0 Å². The van der Waals surface area contributed by atoms with Crippen molar-refractivity contribution in [1.82, 2.24) is 0 Å². The van der Waals surface area contributed by atoms with Crippen molar-refractivity contribution in [1.29, 1.82) is 0 Å². The Labute approximate surface area is 87.2 Å². The molecule has 0 radical (unpaired) electrons. The monoisotopic (exact) mass is 218 g/mol. The van der Waals surface area contributed by atoms with Crippen LogP contribution in [0.15, 0.2) is 12.2 Å². The fourth-order valence-electron chi connectivity index (χ4n) is 1.17. The number of carboxylic acids is 1. The number of carbonyl (C=O) groups is 1. The summed E-state index contributed by atoms with van der Waals surface area (Å²) in [4.78, 5) is 10.2. The number of thioether (sulfide) groups is 2. The summed E-state index contributed by atoms with van der Waals surface area (Å²) in [5.41, 5.74) is 0. The molecule has 1 heterocycles. The van der Waals surface area contributed by atoms with Crippen LogP contribution in [0.1, 0.15) is 13.3 Å². The van der Waals surface area contributed by atoms with Crippen LogP contribution in [0, 0.1) is 0 Å². The maximum atomic E-state index is 10.2. The fraction of sp³-hybridized carbons (Fsp3) is 0.667. The molecule has 1 atom stereocenters. The molecule has 0 bridgehead atoms. The van der Waals surface area contributed by atoms with Crippen molar-refractivity contribution >= 4 is 29.5 Å². The molecule has 13 heavy (non-hydrogen) atoms. The second-order valence-corrected chi connectivity index (χ2v) is 5.88. The Morgan fingerprint density at radius 1 is 1.77 bits per heavy atom. The molecule has 1 unspecified atom stereocenters.